The number of carbonyl (C=O) groups excluding carboxylic acids is 2. The summed E-state index contributed by atoms with van der Waals surface area (Å²) in [5.74, 6) is -6.16. The molecule has 0 aliphatic carbocycles. The van der Waals surface area contributed by atoms with E-state index in [-0.39, 0.29) is 6.61 Å². The highest BCUT2D eigenvalue weighted by molar-refractivity contribution is 5.97. The molecule has 2 aromatic carbocycles. The van der Waals surface area contributed by atoms with Crippen molar-refractivity contribution in [1.82, 2.24) is 5.32 Å². The van der Waals surface area contributed by atoms with E-state index in [0.717, 1.165) is 18.2 Å². The molecule has 0 bridgehead atoms. The Labute approximate surface area is 147 Å². The Morgan fingerprint density at radius 3 is 2.38 bits per heavy atom. The predicted molar refractivity (Wildman–Crippen MR) is 86.1 cm³/mol. The van der Waals surface area contributed by atoms with Crippen LogP contribution in [0, 0.1) is 11.6 Å². The maximum atomic E-state index is 13.6. The molecule has 0 radical (unpaired) electrons. The van der Waals surface area contributed by atoms with Crippen molar-refractivity contribution < 1.29 is 33.0 Å². The lowest BCUT2D eigenvalue weighted by atomic mass is 10.1. The molecule has 0 aliphatic rings. The van der Waals surface area contributed by atoms with Gasteiger partial charge in [-0.3, -0.25) is 9.59 Å². The Bertz CT molecular complexity index is 810. The zero-order valence-corrected chi connectivity index (χ0v) is 13.4. The topological polar surface area (TPSA) is 92.7 Å². The van der Waals surface area contributed by atoms with Crippen molar-refractivity contribution in [1.29, 1.82) is 0 Å². The first kappa shape index (κ1) is 19.0. The van der Waals surface area contributed by atoms with Crippen LogP contribution in [0.5, 0.6) is 0 Å². The van der Waals surface area contributed by atoms with E-state index in [4.69, 9.17) is 9.84 Å². The first-order valence-corrected chi connectivity index (χ1v) is 7.55. The zero-order valence-electron chi connectivity index (χ0n) is 13.4. The van der Waals surface area contributed by atoms with Gasteiger partial charge in [0.15, 0.2) is 11.6 Å². The minimum absolute atomic E-state index is 0.0571. The standard InChI is InChI=1S/C18H15F2NO5/c19-13-8-4-7-12(16(13)20)17(23)21-14(18(24)25)9-15(22)26-10-11-5-2-1-3-6-11/h1-8,14H,9-10H2,(H,21,23)(H,24,25)/t14-/m0/s1. The number of nitrogens with one attached hydrogen (secondary N) is 1. The van der Waals surface area contributed by atoms with Crippen molar-refractivity contribution in [2.75, 3.05) is 0 Å². The molecule has 0 unspecified atom stereocenters. The molecule has 0 aliphatic heterocycles. The van der Waals surface area contributed by atoms with Crippen LogP contribution in [0.3, 0.4) is 0 Å². The maximum absolute atomic E-state index is 13.6. The average molecular weight is 363 g/mol. The summed E-state index contributed by atoms with van der Waals surface area (Å²) in [7, 11) is 0. The fraction of sp³-hybridized carbons (Fsp3) is 0.167. The lowest BCUT2D eigenvalue weighted by Crippen LogP contribution is -2.42. The lowest BCUT2D eigenvalue weighted by Gasteiger charge is -2.14. The van der Waals surface area contributed by atoms with Gasteiger partial charge in [-0.2, -0.15) is 0 Å². The first-order chi connectivity index (χ1) is 12.4. The predicted octanol–water partition coefficient (Wildman–Crippen LogP) is 2.28. The van der Waals surface area contributed by atoms with E-state index in [1.54, 1.807) is 30.3 Å². The van der Waals surface area contributed by atoms with Gasteiger partial charge in [0, 0.05) is 0 Å². The van der Waals surface area contributed by atoms with Gasteiger partial charge in [0.2, 0.25) is 0 Å². The molecule has 2 aromatic rings. The van der Waals surface area contributed by atoms with Crippen LogP contribution in [-0.4, -0.2) is 29.0 Å². The molecule has 0 aromatic heterocycles. The molecule has 0 heterocycles. The first-order valence-electron chi connectivity index (χ1n) is 7.55. The van der Waals surface area contributed by atoms with Crippen molar-refractivity contribution in [2.24, 2.45) is 0 Å². The highest BCUT2D eigenvalue weighted by Crippen LogP contribution is 2.12. The largest absolute Gasteiger partial charge is 0.480 e. The monoisotopic (exact) mass is 363 g/mol. The summed E-state index contributed by atoms with van der Waals surface area (Å²) >= 11 is 0. The van der Waals surface area contributed by atoms with E-state index < -0.39 is 47.5 Å². The molecule has 0 spiro atoms. The number of carboxylic acids is 1. The Hall–Kier alpha value is -3.29. The minimum atomic E-state index is -1.64. The summed E-state index contributed by atoms with van der Waals surface area (Å²) in [4.78, 5) is 35.0. The van der Waals surface area contributed by atoms with Gasteiger partial charge in [-0.15, -0.1) is 0 Å². The highest BCUT2D eigenvalue weighted by atomic mass is 19.2. The zero-order chi connectivity index (χ0) is 19.1. The Kier molecular flexibility index (Phi) is 6.37. The van der Waals surface area contributed by atoms with Crippen LogP contribution in [0.4, 0.5) is 8.78 Å². The summed E-state index contributed by atoms with van der Waals surface area (Å²) in [6, 6.07) is 10.0. The number of carbonyl (C=O) groups is 3. The van der Waals surface area contributed by atoms with Crippen LogP contribution in [0.15, 0.2) is 48.5 Å². The van der Waals surface area contributed by atoms with E-state index >= 15 is 0 Å². The van der Waals surface area contributed by atoms with Crippen molar-refractivity contribution in [2.45, 2.75) is 19.1 Å². The molecular formula is C18H15F2NO5. The van der Waals surface area contributed by atoms with Crippen molar-refractivity contribution >= 4 is 17.8 Å². The van der Waals surface area contributed by atoms with Crippen LogP contribution in [0.1, 0.15) is 22.3 Å². The summed E-state index contributed by atoms with van der Waals surface area (Å²) in [6.07, 6.45) is -0.662. The Morgan fingerprint density at radius 2 is 1.73 bits per heavy atom. The van der Waals surface area contributed by atoms with Crippen LogP contribution < -0.4 is 5.32 Å². The number of amides is 1. The van der Waals surface area contributed by atoms with Gasteiger partial charge in [-0.1, -0.05) is 36.4 Å². The number of aliphatic carboxylic acids is 1. The quantitative estimate of drug-likeness (QED) is 0.737. The molecule has 6 nitrogen and oxygen atoms in total. The molecule has 0 fully saturated rings. The van der Waals surface area contributed by atoms with Crippen molar-refractivity contribution in [3.05, 3.63) is 71.3 Å². The second kappa shape index (κ2) is 8.70. The molecular weight excluding hydrogens is 348 g/mol. The third-order valence-corrected chi connectivity index (χ3v) is 3.41. The second-order valence-electron chi connectivity index (χ2n) is 5.32. The molecule has 2 rings (SSSR count). The number of rotatable bonds is 7. The minimum Gasteiger partial charge on any atom is -0.480 e. The number of esters is 1. The number of benzene rings is 2. The fourth-order valence-corrected chi connectivity index (χ4v) is 2.08. The number of carboxylic acid groups (broad SMARTS) is 1. The molecule has 0 saturated carbocycles. The summed E-state index contributed by atoms with van der Waals surface area (Å²) in [5.41, 5.74) is 0.0486. The van der Waals surface area contributed by atoms with Crippen LogP contribution in [0.2, 0.25) is 0 Å². The summed E-state index contributed by atoms with van der Waals surface area (Å²) in [6.45, 7) is -0.0571. The van der Waals surface area contributed by atoms with Gasteiger partial charge in [-0.25, -0.2) is 13.6 Å². The molecule has 8 heteroatoms. The summed E-state index contributed by atoms with van der Waals surface area (Å²) < 4.78 is 31.7. The third kappa shape index (κ3) is 5.10. The van der Waals surface area contributed by atoms with Gasteiger partial charge in [0.1, 0.15) is 12.6 Å². The number of halogens is 2. The fourth-order valence-electron chi connectivity index (χ4n) is 2.08. The van der Waals surface area contributed by atoms with E-state index in [1.165, 1.54) is 0 Å². The smallest absolute Gasteiger partial charge is 0.326 e. The van der Waals surface area contributed by atoms with E-state index in [9.17, 15) is 23.2 Å². The molecule has 26 heavy (non-hydrogen) atoms. The molecule has 0 saturated heterocycles. The van der Waals surface area contributed by atoms with E-state index in [1.807, 2.05) is 5.32 Å². The summed E-state index contributed by atoms with van der Waals surface area (Å²) in [5, 5.41) is 11.1. The van der Waals surface area contributed by atoms with Crippen LogP contribution in [0.25, 0.3) is 0 Å². The number of hydrogen-bond acceptors (Lipinski definition) is 4. The molecule has 2 N–H and O–H groups in total. The SMILES string of the molecule is O=C(C[C@H](NC(=O)c1cccc(F)c1F)C(=O)O)OCc1ccccc1. The van der Waals surface area contributed by atoms with Crippen LogP contribution >= 0.6 is 0 Å². The van der Waals surface area contributed by atoms with E-state index in [2.05, 4.69) is 0 Å². The normalized spacial score (nSPS) is 11.5. The van der Waals surface area contributed by atoms with Gasteiger partial charge in [0.05, 0.1) is 12.0 Å². The van der Waals surface area contributed by atoms with Gasteiger partial charge < -0.3 is 15.2 Å². The Morgan fingerprint density at radius 1 is 1.04 bits per heavy atom. The highest BCUT2D eigenvalue weighted by Gasteiger charge is 2.26. The maximum Gasteiger partial charge on any atom is 0.326 e. The average Bonchev–Trinajstić information content (AvgIpc) is 2.62. The van der Waals surface area contributed by atoms with Crippen molar-refractivity contribution in [3.8, 4) is 0 Å². The Balaban J connectivity index is 1.97. The second-order valence-corrected chi connectivity index (χ2v) is 5.32. The molecule has 136 valence electrons. The number of hydrogen-bond donors (Lipinski definition) is 2. The third-order valence-electron chi connectivity index (χ3n) is 3.41. The van der Waals surface area contributed by atoms with Gasteiger partial charge in [0.25, 0.3) is 5.91 Å². The molecule has 1 atom stereocenters. The van der Waals surface area contributed by atoms with Gasteiger partial charge >= 0.3 is 11.9 Å². The lowest BCUT2D eigenvalue weighted by molar-refractivity contribution is -0.150. The number of ether oxygens (including phenoxy) is 1. The van der Waals surface area contributed by atoms with Gasteiger partial charge in [-0.05, 0) is 17.7 Å². The van der Waals surface area contributed by atoms with E-state index in [0.29, 0.717) is 5.56 Å². The molecule has 1 amide bonds. The van der Waals surface area contributed by atoms with Crippen LogP contribution in [-0.2, 0) is 20.9 Å². The van der Waals surface area contributed by atoms with Crippen molar-refractivity contribution in [3.63, 3.8) is 0 Å².